The molecule has 26 heavy (non-hydrogen) atoms. The number of sulfonamides is 1. The predicted octanol–water partition coefficient (Wildman–Crippen LogP) is 3.75. The molecule has 2 aliphatic heterocycles. The van der Waals surface area contributed by atoms with E-state index in [2.05, 4.69) is 10.3 Å². The van der Waals surface area contributed by atoms with Crippen molar-refractivity contribution in [1.82, 2.24) is 9.21 Å². The maximum absolute atomic E-state index is 12.7. The van der Waals surface area contributed by atoms with Gasteiger partial charge in [0, 0.05) is 18.5 Å². The molecule has 1 aromatic rings. The molecule has 0 spiro atoms. The van der Waals surface area contributed by atoms with Gasteiger partial charge in [-0.2, -0.15) is 4.31 Å². The Labute approximate surface area is 160 Å². The molecule has 7 heteroatoms. The third-order valence-corrected chi connectivity index (χ3v) is 8.45. The molecule has 0 amide bonds. The lowest BCUT2D eigenvalue weighted by molar-refractivity contribution is 0.305. The zero-order valence-electron chi connectivity index (χ0n) is 15.3. The quantitative estimate of drug-likeness (QED) is 0.767. The minimum atomic E-state index is -3.41. The first-order valence-electron chi connectivity index (χ1n) is 9.40. The summed E-state index contributed by atoms with van der Waals surface area (Å²) in [5.74, 6) is 0. The third kappa shape index (κ3) is 2.90. The molecule has 4 rings (SSSR count). The molecule has 2 atom stereocenters. The molecule has 1 saturated carbocycles. The molecular weight excluding hydrogens is 366 g/mol. The molecule has 5 nitrogen and oxygen atoms in total. The van der Waals surface area contributed by atoms with Gasteiger partial charge in [-0.15, -0.1) is 0 Å². The van der Waals surface area contributed by atoms with Gasteiger partial charge in [-0.3, -0.25) is 4.99 Å². The van der Waals surface area contributed by atoms with Crippen LogP contribution in [-0.2, 0) is 10.0 Å². The van der Waals surface area contributed by atoms with E-state index in [0.29, 0.717) is 30.1 Å². The van der Waals surface area contributed by atoms with Crippen LogP contribution in [0.1, 0.15) is 45.1 Å². The number of thioether (sulfide) groups is 1. The number of hydrogen-bond donors (Lipinski definition) is 0. The van der Waals surface area contributed by atoms with Crippen LogP contribution in [0.15, 0.2) is 39.6 Å². The Morgan fingerprint density at radius 3 is 2.54 bits per heavy atom. The fraction of sp³-hybridized carbons (Fsp3) is 0.526. The van der Waals surface area contributed by atoms with Gasteiger partial charge in [0.1, 0.15) is 0 Å². The van der Waals surface area contributed by atoms with Crippen molar-refractivity contribution in [2.45, 2.75) is 56.5 Å². The Balaban J connectivity index is 1.59. The Kier molecular flexibility index (Phi) is 4.88. The molecular formula is C19H25N3O2S2. The van der Waals surface area contributed by atoms with E-state index in [4.69, 9.17) is 4.99 Å². The van der Waals surface area contributed by atoms with E-state index in [1.165, 1.54) is 30.0 Å². The van der Waals surface area contributed by atoms with Gasteiger partial charge >= 0.3 is 0 Å². The lowest BCUT2D eigenvalue weighted by Crippen LogP contribution is -2.38. The van der Waals surface area contributed by atoms with Gasteiger partial charge in [0.15, 0.2) is 5.17 Å². The third-order valence-electron chi connectivity index (χ3n) is 5.54. The monoisotopic (exact) mass is 391 g/mol. The second kappa shape index (κ2) is 7.02. The highest BCUT2D eigenvalue weighted by atomic mass is 32.2. The van der Waals surface area contributed by atoms with Crippen molar-refractivity contribution < 1.29 is 8.42 Å². The number of benzene rings is 1. The molecule has 1 aliphatic carbocycles. The number of rotatable bonds is 5. The van der Waals surface area contributed by atoms with Gasteiger partial charge in [0.25, 0.3) is 0 Å². The average Bonchev–Trinajstić information content (AvgIpc) is 3.22. The number of hydrogen-bond acceptors (Lipinski definition) is 5. The number of nitrogens with zero attached hydrogens (tertiary/aromatic N) is 3. The fourth-order valence-electron chi connectivity index (χ4n) is 4.14. The molecule has 1 fully saturated rings. The first-order valence-corrected chi connectivity index (χ1v) is 11.7. The van der Waals surface area contributed by atoms with Gasteiger partial charge < -0.3 is 4.90 Å². The van der Waals surface area contributed by atoms with Crippen LogP contribution < -0.4 is 0 Å². The van der Waals surface area contributed by atoms with Crippen molar-refractivity contribution in [2.24, 2.45) is 4.99 Å². The first kappa shape index (κ1) is 18.1. The smallest absolute Gasteiger partial charge is 0.243 e. The molecule has 0 bridgehead atoms. The molecule has 0 N–H and O–H groups in total. The van der Waals surface area contributed by atoms with Gasteiger partial charge in [0.2, 0.25) is 10.0 Å². The molecule has 0 radical (unpaired) electrons. The summed E-state index contributed by atoms with van der Waals surface area (Å²) in [6, 6.07) is 8.23. The first-order chi connectivity index (χ1) is 12.6. The Morgan fingerprint density at radius 1 is 1.15 bits per heavy atom. The number of aliphatic imine (C=N–C) groups is 1. The molecule has 1 aromatic carbocycles. The molecule has 2 heterocycles. The summed E-state index contributed by atoms with van der Waals surface area (Å²) in [7, 11) is -3.41. The van der Waals surface area contributed by atoms with Crippen LogP contribution >= 0.6 is 11.8 Å². The topological polar surface area (TPSA) is 53.0 Å². The molecule has 140 valence electrons. The van der Waals surface area contributed by atoms with E-state index in [9.17, 15) is 8.42 Å². The Bertz CT molecular complexity index is 842. The summed E-state index contributed by atoms with van der Waals surface area (Å²) in [6.07, 6.45) is 4.90. The van der Waals surface area contributed by atoms with Crippen LogP contribution in [0.2, 0.25) is 0 Å². The summed E-state index contributed by atoms with van der Waals surface area (Å²) in [5, 5.41) is 3.26. The van der Waals surface area contributed by atoms with Crippen molar-refractivity contribution >= 4 is 32.6 Å². The Morgan fingerprint density at radius 2 is 1.85 bits per heavy atom. The van der Waals surface area contributed by atoms with Gasteiger partial charge in [-0.25, -0.2) is 8.42 Å². The van der Waals surface area contributed by atoms with E-state index in [1.54, 1.807) is 23.9 Å². The molecule has 3 aliphatic rings. The van der Waals surface area contributed by atoms with Crippen molar-refractivity contribution in [3.63, 3.8) is 0 Å². The van der Waals surface area contributed by atoms with Crippen molar-refractivity contribution in [3.8, 4) is 0 Å². The standard InChI is InChI=1S/C19H25N3O2S2/c1-3-21(4-2)26(23,24)15-11-9-14(10-12-15)18-13-25-19-20-16-7-5-6-8-17(16)22(18)19/h9-13,16-17H,3-8H2,1-2H3/t16-,17-/m1/s1. The SMILES string of the molecule is CCN(CC)S(=O)(=O)c1ccc(C2=CSC3=N[C@@H]4CCCC[C@H]4N23)cc1. The van der Waals surface area contributed by atoms with Crippen LogP contribution in [0.4, 0.5) is 0 Å². The summed E-state index contributed by atoms with van der Waals surface area (Å²) in [6.45, 7) is 4.70. The average molecular weight is 392 g/mol. The minimum absolute atomic E-state index is 0.363. The summed E-state index contributed by atoms with van der Waals surface area (Å²) in [5.41, 5.74) is 2.22. The van der Waals surface area contributed by atoms with E-state index in [0.717, 1.165) is 16.4 Å². The lowest BCUT2D eigenvalue weighted by atomic mass is 9.90. The normalized spacial score (nSPS) is 25.1. The lowest BCUT2D eigenvalue weighted by Gasteiger charge is -2.32. The van der Waals surface area contributed by atoms with Crippen LogP contribution in [-0.4, -0.2) is 48.0 Å². The van der Waals surface area contributed by atoms with Crippen LogP contribution in [0.5, 0.6) is 0 Å². The zero-order chi connectivity index (χ0) is 18.3. The maximum Gasteiger partial charge on any atom is 0.243 e. The predicted molar refractivity (Wildman–Crippen MR) is 107 cm³/mol. The van der Waals surface area contributed by atoms with Gasteiger partial charge in [-0.05, 0) is 30.5 Å². The van der Waals surface area contributed by atoms with E-state index in [1.807, 2.05) is 26.0 Å². The highest BCUT2D eigenvalue weighted by molar-refractivity contribution is 8.16. The molecule has 0 aromatic heterocycles. The highest BCUT2D eigenvalue weighted by Gasteiger charge is 2.42. The van der Waals surface area contributed by atoms with E-state index < -0.39 is 10.0 Å². The van der Waals surface area contributed by atoms with Gasteiger partial charge in [0.05, 0.1) is 22.7 Å². The van der Waals surface area contributed by atoms with Crippen molar-refractivity contribution in [1.29, 1.82) is 0 Å². The van der Waals surface area contributed by atoms with Crippen LogP contribution in [0.3, 0.4) is 0 Å². The van der Waals surface area contributed by atoms with Crippen LogP contribution in [0, 0.1) is 0 Å². The zero-order valence-corrected chi connectivity index (χ0v) is 16.9. The Hall–Kier alpha value is -1.31. The van der Waals surface area contributed by atoms with E-state index in [-0.39, 0.29) is 0 Å². The summed E-state index contributed by atoms with van der Waals surface area (Å²) < 4.78 is 26.8. The minimum Gasteiger partial charge on any atom is -0.315 e. The molecule has 0 saturated heterocycles. The molecule has 0 unspecified atom stereocenters. The summed E-state index contributed by atoms with van der Waals surface area (Å²) >= 11 is 1.69. The summed E-state index contributed by atoms with van der Waals surface area (Å²) in [4.78, 5) is 7.64. The van der Waals surface area contributed by atoms with Crippen molar-refractivity contribution in [2.75, 3.05) is 13.1 Å². The maximum atomic E-state index is 12.7. The second-order valence-corrected chi connectivity index (χ2v) is 9.71. The number of fused-ring (bicyclic) bond motifs is 3. The fourth-order valence-corrected chi connectivity index (χ4v) is 6.61. The highest BCUT2D eigenvalue weighted by Crippen LogP contribution is 2.44. The largest absolute Gasteiger partial charge is 0.315 e. The second-order valence-electron chi connectivity index (χ2n) is 6.94. The number of amidine groups is 1. The van der Waals surface area contributed by atoms with Crippen LogP contribution in [0.25, 0.3) is 5.70 Å². The van der Waals surface area contributed by atoms with E-state index >= 15 is 0 Å². The van der Waals surface area contributed by atoms with Gasteiger partial charge in [-0.1, -0.05) is 50.6 Å². The van der Waals surface area contributed by atoms with Crippen molar-refractivity contribution in [3.05, 3.63) is 35.2 Å².